The van der Waals surface area contributed by atoms with Crippen LogP contribution in [0.25, 0.3) is 16.6 Å². The zero-order chi connectivity index (χ0) is 23.8. The van der Waals surface area contributed by atoms with Crippen LogP contribution in [0.3, 0.4) is 0 Å². The first kappa shape index (κ1) is 23.1. The molecule has 1 aliphatic carbocycles. The van der Waals surface area contributed by atoms with Crippen LogP contribution in [-0.4, -0.2) is 58.9 Å². The third kappa shape index (κ3) is 4.37. The number of ether oxygens (including phenoxy) is 1. The van der Waals surface area contributed by atoms with Gasteiger partial charge in [-0.2, -0.15) is 0 Å². The number of aromatic carboxylic acids is 1. The van der Waals surface area contributed by atoms with Crippen LogP contribution in [-0.2, 0) is 0 Å². The van der Waals surface area contributed by atoms with Gasteiger partial charge in [0, 0.05) is 49.0 Å². The summed E-state index contributed by atoms with van der Waals surface area (Å²) in [4.78, 5) is 17.2. The van der Waals surface area contributed by atoms with Gasteiger partial charge in [0.25, 0.3) is 0 Å². The number of benzene rings is 2. The molecule has 3 aromatic rings. The molecule has 0 radical (unpaired) electrons. The number of fused-ring (bicyclic) bond motifs is 1. The second kappa shape index (κ2) is 9.51. The summed E-state index contributed by atoms with van der Waals surface area (Å²) in [5.41, 5.74) is 2.73. The Labute approximate surface area is 205 Å². The van der Waals surface area contributed by atoms with Crippen molar-refractivity contribution in [2.75, 3.05) is 31.1 Å². The van der Waals surface area contributed by atoms with Gasteiger partial charge in [-0.25, -0.2) is 4.79 Å². The first-order valence-corrected chi connectivity index (χ1v) is 12.6. The molecule has 1 saturated carbocycles. The Morgan fingerprint density at radius 2 is 1.65 bits per heavy atom. The molecule has 1 aromatic heterocycles. The highest BCUT2D eigenvalue weighted by Crippen LogP contribution is 2.36. The standard InChI is InChI=1S/C27H32ClN3O3/c1-18(2)34-22-10-7-20(8-11-22)31-24-17-21(9-12-23(24)25(28)26(31)27(32)33)30-15-13-29(14-16-30)19-5-3-4-6-19/h7-12,17-19H,3-6,13-16H2,1-2H3,(H,32,33). The highest BCUT2D eigenvalue weighted by atomic mass is 35.5. The Hall–Kier alpha value is -2.70. The highest BCUT2D eigenvalue weighted by molar-refractivity contribution is 6.38. The van der Waals surface area contributed by atoms with E-state index in [1.54, 1.807) is 4.57 Å². The number of piperazine rings is 1. The van der Waals surface area contributed by atoms with Crippen molar-refractivity contribution in [2.45, 2.75) is 51.7 Å². The summed E-state index contributed by atoms with van der Waals surface area (Å²) in [6.45, 7) is 8.05. The molecule has 0 atom stereocenters. The fourth-order valence-corrected chi connectivity index (χ4v) is 5.78. The lowest BCUT2D eigenvalue weighted by atomic mass is 10.1. The van der Waals surface area contributed by atoms with Gasteiger partial charge in [0.1, 0.15) is 5.75 Å². The van der Waals surface area contributed by atoms with Crippen molar-refractivity contribution in [2.24, 2.45) is 0 Å². The number of rotatable bonds is 6. The smallest absolute Gasteiger partial charge is 0.354 e. The van der Waals surface area contributed by atoms with Crippen LogP contribution in [0.1, 0.15) is 50.0 Å². The van der Waals surface area contributed by atoms with E-state index in [4.69, 9.17) is 16.3 Å². The third-order valence-electron chi connectivity index (χ3n) is 7.08. The van der Waals surface area contributed by atoms with Crippen LogP contribution >= 0.6 is 11.6 Å². The van der Waals surface area contributed by atoms with Crippen molar-refractivity contribution in [1.82, 2.24) is 9.47 Å². The Kier molecular flexibility index (Phi) is 6.45. The lowest BCUT2D eigenvalue weighted by molar-refractivity contribution is 0.0689. The molecule has 2 fully saturated rings. The van der Waals surface area contributed by atoms with Gasteiger partial charge in [0.15, 0.2) is 5.69 Å². The van der Waals surface area contributed by atoms with E-state index in [9.17, 15) is 9.90 Å². The van der Waals surface area contributed by atoms with Gasteiger partial charge < -0.3 is 19.3 Å². The molecular weight excluding hydrogens is 450 g/mol. The predicted molar refractivity (Wildman–Crippen MR) is 137 cm³/mol. The zero-order valence-electron chi connectivity index (χ0n) is 19.8. The average molecular weight is 482 g/mol. The van der Waals surface area contributed by atoms with Crippen LogP contribution in [0.15, 0.2) is 42.5 Å². The van der Waals surface area contributed by atoms with Gasteiger partial charge in [-0.05, 0) is 69.2 Å². The number of aromatic nitrogens is 1. The van der Waals surface area contributed by atoms with Crippen molar-refractivity contribution < 1.29 is 14.6 Å². The maximum atomic E-state index is 12.2. The lowest BCUT2D eigenvalue weighted by Gasteiger charge is -2.39. The summed E-state index contributed by atoms with van der Waals surface area (Å²) >= 11 is 6.59. The topological polar surface area (TPSA) is 57.9 Å². The molecule has 2 heterocycles. The highest BCUT2D eigenvalue weighted by Gasteiger charge is 2.27. The van der Waals surface area contributed by atoms with E-state index in [0.717, 1.165) is 60.2 Å². The fraction of sp³-hybridized carbons (Fsp3) is 0.444. The molecule has 0 bridgehead atoms. The van der Waals surface area contributed by atoms with E-state index in [0.29, 0.717) is 0 Å². The summed E-state index contributed by atoms with van der Waals surface area (Å²) in [5.74, 6) is -0.297. The molecule has 5 rings (SSSR count). The monoisotopic (exact) mass is 481 g/mol. The second-order valence-corrected chi connectivity index (χ2v) is 10.0. The van der Waals surface area contributed by atoms with Gasteiger partial charge in [0.05, 0.1) is 16.6 Å². The molecule has 1 aliphatic heterocycles. The Morgan fingerprint density at radius 1 is 1.00 bits per heavy atom. The van der Waals surface area contributed by atoms with E-state index < -0.39 is 5.97 Å². The average Bonchev–Trinajstić information content (AvgIpc) is 3.46. The lowest BCUT2D eigenvalue weighted by Crippen LogP contribution is -2.49. The molecule has 7 heteroatoms. The number of nitrogens with zero attached hydrogens (tertiary/aromatic N) is 3. The van der Waals surface area contributed by atoms with Crippen LogP contribution in [0, 0.1) is 0 Å². The van der Waals surface area contributed by atoms with Gasteiger partial charge >= 0.3 is 5.97 Å². The van der Waals surface area contributed by atoms with E-state index in [-0.39, 0.29) is 16.8 Å². The zero-order valence-corrected chi connectivity index (χ0v) is 20.6. The summed E-state index contributed by atoms with van der Waals surface area (Å²) in [6.07, 6.45) is 5.44. The minimum atomic E-state index is -1.05. The normalized spacial score (nSPS) is 17.7. The molecular formula is C27H32ClN3O3. The number of hydrogen-bond acceptors (Lipinski definition) is 4. The van der Waals surface area contributed by atoms with Crippen LogP contribution in [0.5, 0.6) is 5.75 Å². The Balaban J connectivity index is 1.48. The van der Waals surface area contributed by atoms with Gasteiger partial charge in [-0.1, -0.05) is 24.4 Å². The summed E-state index contributed by atoms with van der Waals surface area (Å²) in [7, 11) is 0. The van der Waals surface area contributed by atoms with Crippen LogP contribution < -0.4 is 9.64 Å². The molecule has 1 saturated heterocycles. The first-order valence-electron chi connectivity index (χ1n) is 12.3. The maximum Gasteiger partial charge on any atom is 0.354 e. The van der Waals surface area contributed by atoms with Crippen molar-refractivity contribution >= 4 is 34.2 Å². The molecule has 180 valence electrons. The number of anilines is 1. The van der Waals surface area contributed by atoms with Gasteiger partial charge in [0.2, 0.25) is 0 Å². The largest absolute Gasteiger partial charge is 0.491 e. The molecule has 6 nitrogen and oxygen atoms in total. The fourth-order valence-electron chi connectivity index (χ4n) is 5.45. The third-order valence-corrected chi connectivity index (χ3v) is 7.46. The van der Waals surface area contributed by atoms with Crippen molar-refractivity contribution in [3.05, 3.63) is 53.2 Å². The number of carboxylic acid groups (broad SMARTS) is 1. The summed E-state index contributed by atoms with van der Waals surface area (Å²) < 4.78 is 7.50. The van der Waals surface area contributed by atoms with Crippen molar-refractivity contribution in [3.63, 3.8) is 0 Å². The molecule has 2 aromatic carbocycles. The second-order valence-electron chi connectivity index (χ2n) is 9.63. The van der Waals surface area contributed by atoms with Crippen LogP contribution in [0.4, 0.5) is 5.69 Å². The molecule has 0 unspecified atom stereocenters. The number of halogens is 1. The first-order chi connectivity index (χ1) is 16.4. The SMILES string of the molecule is CC(C)Oc1ccc(-n2c(C(=O)O)c(Cl)c3ccc(N4CCN(C5CCCC5)CC4)cc32)cc1. The van der Waals surface area contributed by atoms with Crippen LogP contribution in [0.2, 0.25) is 5.02 Å². The quantitative estimate of drug-likeness (QED) is 0.479. The summed E-state index contributed by atoms with van der Waals surface area (Å²) in [5, 5.41) is 11.0. The van der Waals surface area contributed by atoms with E-state index >= 15 is 0 Å². The molecule has 0 amide bonds. The molecule has 34 heavy (non-hydrogen) atoms. The molecule has 1 N–H and O–H groups in total. The number of carbonyl (C=O) groups is 1. The van der Waals surface area contributed by atoms with E-state index in [2.05, 4.69) is 21.9 Å². The summed E-state index contributed by atoms with van der Waals surface area (Å²) in [6, 6.07) is 14.4. The van der Waals surface area contributed by atoms with Crippen molar-refractivity contribution in [3.8, 4) is 11.4 Å². The number of carboxylic acids is 1. The molecule has 0 spiro atoms. The Morgan fingerprint density at radius 3 is 2.26 bits per heavy atom. The van der Waals surface area contributed by atoms with Gasteiger partial charge in [-0.3, -0.25) is 4.90 Å². The minimum Gasteiger partial charge on any atom is -0.491 e. The number of hydrogen-bond donors (Lipinski definition) is 1. The minimum absolute atomic E-state index is 0.0685. The van der Waals surface area contributed by atoms with E-state index in [1.165, 1.54) is 25.7 Å². The van der Waals surface area contributed by atoms with E-state index in [1.807, 2.05) is 44.2 Å². The van der Waals surface area contributed by atoms with Crippen molar-refractivity contribution in [1.29, 1.82) is 0 Å². The maximum absolute atomic E-state index is 12.2. The molecule has 2 aliphatic rings. The predicted octanol–water partition coefficient (Wildman–Crippen LogP) is 5.83. The van der Waals surface area contributed by atoms with Gasteiger partial charge in [-0.15, -0.1) is 0 Å². The Bertz CT molecular complexity index is 1170.